The first kappa shape index (κ1) is 30.1. The molecule has 1 fully saturated rings. The van der Waals surface area contributed by atoms with Gasteiger partial charge in [-0.2, -0.15) is 0 Å². The van der Waals surface area contributed by atoms with Crippen molar-refractivity contribution in [2.24, 2.45) is 17.3 Å². The van der Waals surface area contributed by atoms with Crippen molar-refractivity contribution in [2.45, 2.75) is 97.8 Å². The van der Waals surface area contributed by atoms with E-state index in [1.165, 1.54) is 62.5 Å². The number of benzene rings is 1. The van der Waals surface area contributed by atoms with E-state index in [0.717, 1.165) is 18.8 Å². The Labute approximate surface area is 218 Å². The van der Waals surface area contributed by atoms with Gasteiger partial charge in [0.1, 0.15) is 0 Å². The molecular formula is C31H48O5. The molecule has 0 bridgehead atoms. The second-order valence-corrected chi connectivity index (χ2v) is 11.4. The first-order valence-corrected chi connectivity index (χ1v) is 13.9. The number of aryl methyl sites for hydroxylation is 1. The number of hydrogen-bond acceptors (Lipinski definition) is 5. The number of esters is 2. The summed E-state index contributed by atoms with van der Waals surface area (Å²) < 4.78 is 10.8. The summed E-state index contributed by atoms with van der Waals surface area (Å²) in [5.41, 5.74) is 2.06. The van der Waals surface area contributed by atoms with Crippen LogP contribution in [0.3, 0.4) is 0 Å². The molecule has 0 aliphatic heterocycles. The van der Waals surface area contributed by atoms with Crippen molar-refractivity contribution < 1.29 is 24.2 Å². The van der Waals surface area contributed by atoms with E-state index in [1.54, 1.807) is 20.8 Å². The molecular weight excluding hydrogens is 452 g/mol. The normalized spacial score (nSPS) is 18.9. The number of rotatable bonds is 15. The van der Waals surface area contributed by atoms with Gasteiger partial charge < -0.3 is 14.6 Å². The van der Waals surface area contributed by atoms with E-state index in [2.05, 4.69) is 37.8 Å². The van der Waals surface area contributed by atoms with E-state index in [4.69, 9.17) is 9.47 Å². The predicted octanol–water partition coefficient (Wildman–Crippen LogP) is 6.77. The second kappa shape index (κ2) is 15.2. The van der Waals surface area contributed by atoms with Crippen LogP contribution < -0.4 is 0 Å². The van der Waals surface area contributed by atoms with Crippen LogP contribution in [0.4, 0.5) is 0 Å². The van der Waals surface area contributed by atoms with Gasteiger partial charge in [-0.25, -0.2) is 4.79 Å². The largest absolute Gasteiger partial charge is 0.465 e. The molecule has 1 aliphatic carbocycles. The molecule has 5 heteroatoms. The zero-order valence-electron chi connectivity index (χ0n) is 23.0. The van der Waals surface area contributed by atoms with E-state index >= 15 is 0 Å². The lowest BCUT2D eigenvalue weighted by molar-refractivity contribution is -0.158. The smallest absolute Gasteiger partial charge is 0.333 e. The maximum Gasteiger partial charge on any atom is 0.333 e. The summed E-state index contributed by atoms with van der Waals surface area (Å²) >= 11 is 0. The monoisotopic (exact) mass is 500 g/mol. The molecule has 1 unspecified atom stereocenters. The SMILES string of the molecule is C=C(C)C(=O)OCC(CCc1ccc(C2CCC(CCCCC)CC2)cc1)COC(=O)C(C)(C)CO. The van der Waals surface area contributed by atoms with Gasteiger partial charge in [0.15, 0.2) is 0 Å². The highest BCUT2D eigenvalue weighted by Gasteiger charge is 2.29. The molecule has 0 heterocycles. The first-order valence-electron chi connectivity index (χ1n) is 13.9. The van der Waals surface area contributed by atoms with Crippen LogP contribution in [0.2, 0.25) is 0 Å². The van der Waals surface area contributed by atoms with Crippen molar-refractivity contribution in [3.8, 4) is 0 Å². The summed E-state index contributed by atoms with van der Waals surface area (Å²) in [4.78, 5) is 24.2. The molecule has 0 aromatic heterocycles. The number of carbonyl (C=O) groups is 2. The molecule has 202 valence electrons. The Morgan fingerprint density at radius 3 is 2.28 bits per heavy atom. The Balaban J connectivity index is 1.88. The molecule has 36 heavy (non-hydrogen) atoms. The van der Waals surface area contributed by atoms with Crippen molar-refractivity contribution >= 4 is 11.9 Å². The van der Waals surface area contributed by atoms with Gasteiger partial charge in [-0.1, -0.05) is 63.5 Å². The number of ether oxygens (including phenoxy) is 2. The summed E-state index contributed by atoms with van der Waals surface area (Å²) in [6.07, 6.45) is 12.3. The highest BCUT2D eigenvalue weighted by Crippen LogP contribution is 2.37. The Morgan fingerprint density at radius 2 is 1.69 bits per heavy atom. The molecule has 2 rings (SSSR count). The van der Waals surface area contributed by atoms with Gasteiger partial charge in [0.2, 0.25) is 0 Å². The first-order chi connectivity index (χ1) is 17.2. The van der Waals surface area contributed by atoms with E-state index in [0.29, 0.717) is 11.5 Å². The fourth-order valence-corrected chi connectivity index (χ4v) is 4.78. The fraction of sp³-hybridized carbons (Fsp3) is 0.677. The van der Waals surface area contributed by atoms with Gasteiger partial charge in [0, 0.05) is 11.5 Å². The third-order valence-electron chi connectivity index (χ3n) is 7.55. The summed E-state index contributed by atoms with van der Waals surface area (Å²) in [5, 5.41) is 9.41. The average molecular weight is 501 g/mol. The lowest BCUT2D eigenvalue weighted by Gasteiger charge is -2.29. The van der Waals surface area contributed by atoms with Crippen LogP contribution in [-0.4, -0.2) is 36.9 Å². The lowest BCUT2D eigenvalue weighted by Crippen LogP contribution is -2.32. The highest BCUT2D eigenvalue weighted by molar-refractivity contribution is 5.86. The van der Waals surface area contributed by atoms with Crippen LogP contribution in [0.25, 0.3) is 0 Å². The van der Waals surface area contributed by atoms with Gasteiger partial charge in [0.25, 0.3) is 0 Å². The van der Waals surface area contributed by atoms with Crippen LogP contribution in [0.5, 0.6) is 0 Å². The molecule has 0 radical (unpaired) electrons. The lowest BCUT2D eigenvalue weighted by atomic mass is 9.77. The quantitative estimate of drug-likeness (QED) is 0.163. The van der Waals surface area contributed by atoms with E-state index in [-0.39, 0.29) is 25.7 Å². The molecule has 0 spiro atoms. The summed E-state index contributed by atoms with van der Waals surface area (Å²) in [6.45, 7) is 10.8. The van der Waals surface area contributed by atoms with Gasteiger partial charge in [-0.3, -0.25) is 4.79 Å². The van der Waals surface area contributed by atoms with Gasteiger partial charge in [-0.15, -0.1) is 0 Å². The highest BCUT2D eigenvalue weighted by atomic mass is 16.5. The fourth-order valence-electron chi connectivity index (χ4n) is 4.78. The Morgan fingerprint density at radius 1 is 1.06 bits per heavy atom. The van der Waals surface area contributed by atoms with Crippen molar-refractivity contribution in [1.82, 2.24) is 0 Å². The van der Waals surface area contributed by atoms with E-state index < -0.39 is 17.4 Å². The Kier molecular flexibility index (Phi) is 12.7. The Hall–Kier alpha value is -2.14. The Bertz CT molecular complexity index is 818. The van der Waals surface area contributed by atoms with Crippen LogP contribution in [0, 0.1) is 17.3 Å². The minimum Gasteiger partial charge on any atom is -0.465 e. The van der Waals surface area contributed by atoms with E-state index in [9.17, 15) is 14.7 Å². The number of aliphatic hydroxyl groups excluding tert-OH is 1. The van der Waals surface area contributed by atoms with Gasteiger partial charge >= 0.3 is 11.9 Å². The van der Waals surface area contributed by atoms with Gasteiger partial charge in [-0.05, 0) is 82.3 Å². The number of unbranched alkanes of at least 4 members (excludes halogenated alkanes) is 2. The van der Waals surface area contributed by atoms with Crippen molar-refractivity contribution in [3.05, 3.63) is 47.5 Å². The second-order valence-electron chi connectivity index (χ2n) is 11.4. The standard InChI is InChI=1S/C31H48O5/c1-6-7-8-9-24-12-16-27(17-13-24)28-18-14-25(15-19-28)10-11-26(20-35-29(33)23(2)3)21-36-30(34)31(4,5)22-32/h14-15,18-19,24,26-27,32H,2,6-13,16-17,20-22H2,1,3-5H3. The van der Waals surface area contributed by atoms with Crippen LogP contribution in [0.1, 0.15) is 103 Å². The predicted molar refractivity (Wildman–Crippen MR) is 145 cm³/mol. The molecule has 1 N–H and O–H groups in total. The third-order valence-corrected chi connectivity index (χ3v) is 7.55. The minimum absolute atomic E-state index is 0.130. The topological polar surface area (TPSA) is 72.8 Å². The zero-order chi connectivity index (χ0) is 26.6. The van der Waals surface area contributed by atoms with Gasteiger partial charge in [0.05, 0.1) is 25.2 Å². The van der Waals surface area contributed by atoms with E-state index in [1.807, 2.05) is 0 Å². The maximum atomic E-state index is 12.3. The molecule has 1 atom stereocenters. The van der Waals surface area contributed by atoms with Crippen LogP contribution in [-0.2, 0) is 25.5 Å². The van der Waals surface area contributed by atoms with Crippen LogP contribution in [0.15, 0.2) is 36.4 Å². The molecule has 0 amide bonds. The zero-order valence-corrected chi connectivity index (χ0v) is 23.0. The van der Waals surface area contributed by atoms with Crippen molar-refractivity contribution in [1.29, 1.82) is 0 Å². The molecule has 1 aromatic rings. The van der Waals surface area contributed by atoms with Crippen LogP contribution >= 0.6 is 0 Å². The third kappa shape index (κ3) is 10.1. The summed E-state index contributed by atoms with van der Waals surface area (Å²) in [6, 6.07) is 8.97. The van der Waals surface area contributed by atoms with Crippen molar-refractivity contribution in [2.75, 3.05) is 19.8 Å². The summed E-state index contributed by atoms with van der Waals surface area (Å²) in [7, 11) is 0. The molecule has 5 nitrogen and oxygen atoms in total. The molecule has 1 aromatic carbocycles. The summed E-state index contributed by atoms with van der Waals surface area (Å²) in [5.74, 6) is 0.566. The molecule has 0 saturated heterocycles. The molecule has 1 aliphatic rings. The number of aliphatic hydroxyl groups is 1. The minimum atomic E-state index is -0.955. The average Bonchev–Trinajstić information content (AvgIpc) is 2.88. The van der Waals surface area contributed by atoms with Crippen molar-refractivity contribution in [3.63, 3.8) is 0 Å². The maximum absolute atomic E-state index is 12.3. The molecule has 1 saturated carbocycles. The number of carbonyl (C=O) groups excluding carboxylic acids is 2. The number of hydrogen-bond donors (Lipinski definition) is 1.